The maximum Gasteiger partial charge on any atom is 0.248 e. The smallest absolute Gasteiger partial charge is 0.248 e. The van der Waals surface area contributed by atoms with E-state index in [2.05, 4.69) is 5.32 Å². The molecule has 0 saturated heterocycles. The number of anilines is 1. The number of rotatable bonds is 6. The highest BCUT2D eigenvalue weighted by molar-refractivity contribution is 6.01. The molecule has 4 heteroatoms. The van der Waals surface area contributed by atoms with Gasteiger partial charge in [0.05, 0.1) is 6.61 Å². The van der Waals surface area contributed by atoms with Crippen molar-refractivity contribution in [1.29, 1.82) is 0 Å². The molecule has 0 aliphatic heterocycles. The third-order valence-corrected chi connectivity index (χ3v) is 2.87. The average Bonchev–Trinajstić information content (AvgIpc) is 2.52. The van der Waals surface area contributed by atoms with Gasteiger partial charge in [0.2, 0.25) is 5.91 Å². The summed E-state index contributed by atoms with van der Waals surface area (Å²) in [5, 5.41) is 2.60. The summed E-state index contributed by atoms with van der Waals surface area (Å²) in [6, 6.07) is 13.2. The van der Waals surface area contributed by atoms with Gasteiger partial charge in [0.25, 0.3) is 0 Å². The van der Waals surface area contributed by atoms with E-state index in [0.717, 1.165) is 17.7 Å². The molecule has 3 nitrogen and oxygen atoms in total. The van der Waals surface area contributed by atoms with Crippen molar-refractivity contribution < 1.29 is 13.9 Å². The van der Waals surface area contributed by atoms with E-state index < -0.39 is 0 Å². The topological polar surface area (TPSA) is 38.3 Å². The van der Waals surface area contributed by atoms with E-state index in [9.17, 15) is 9.18 Å². The van der Waals surface area contributed by atoms with Crippen LogP contribution >= 0.6 is 0 Å². The van der Waals surface area contributed by atoms with Gasteiger partial charge < -0.3 is 10.1 Å². The molecule has 0 radical (unpaired) electrons. The highest BCUT2D eigenvalue weighted by Gasteiger charge is 1.99. The van der Waals surface area contributed by atoms with Gasteiger partial charge in [0.15, 0.2) is 0 Å². The summed E-state index contributed by atoms with van der Waals surface area (Å²) in [4.78, 5) is 11.8. The molecule has 2 aromatic rings. The van der Waals surface area contributed by atoms with Crippen LogP contribution in [0.5, 0.6) is 5.75 Å². The van der Waals surface area contributed by atoms with Crippen LogP contribution in [0.25, 0.3) is 6.08 Å². The summed E-state index contributed by atoms with van der Waals surface area (Å²) in [5.74, 6) is 0.115. The van der Waals surface area contributed by atoms with Crippen molar-refractivity contribution in [2.45, 2.75) is 13.3 Å². The first kappa shape index (κ1) is 15.8. The molecule has 114 valence electrons. The van der Waals surface area contributed by atoms with Crippen molar-refractivity contribution in [1.82, 2.24) is 0 Å². The van der Waals surface area contributed by atoms with Crippen LogP contribution < -0.4 is 10.1 Å². The largest absolute Gasteiger partial charge is 0.494 e. The van der Waals surface area contributed by atoms with Crippen LogP contribution in [0.1, 0.15) is 18.9 Å². The quantitative estimate of drug-likeness (QED) is 0.809. The summed E-state index contributed by atoms with van der Waals surface area (Å²) in [5.41, 5.74) is 1.32. The Morgan fingerprint density at radius 2 is 2.00 bits per heavy atom. The molecule has 22 heavy (non-hydrogen) atoms. The molecule has 0 spiro atoms. The lowest BCUT2D eigenvalue weighted by Gasteiger charge is -2.04. The Labute approximate surface area is 129 Å². The van der Waals surface area contributed by atoms with Gasteiger partial charge in [-0.05, 0) is 48.4 Å². The third-order valence-electron chi connectivity index (χ3n) is 2.87. The second kappa shape index (κ2) is 7.98. The minimum Gasteiger partial charge on any atom is -0.494 e. The van der Waals surface area contributed by atoms with Crippen molar-refractivity contribution in [3.63, 3.8) is 0 Å². The summed E-state index contributed by atoms with van der Waals surface area (Å²) in [6.07, 6.45) is 4.06. The Kier molecular flexibility index (Phi) is 5.72. The number of benzene rings is 2. The zero-order valence-corrected chi connectivity index (χ0v) is 12.4. The second-order valence-electron chi connectivity index (χ2n) is 4.75. The Bertz CT molecular complexity index is 650. The van der Waals surface area contributed by atoms with Crippen molar-refractivity contribution in [2.24, 2.45) is 0 Å². The van der Waals surface area contributed by atoms with Crippen LogP contribution in [0.3, 0.4) is 0 Å². The molecule has 0 aliphatic carbocycles. The number of carbonyl (C=O) groups excluding carboxylic acids is 1. The van der Waals surface area contributed by atoms with Gasteiger partial charge in [-0.1, -0.05) is 25.1 Å². The second-order valence-corrected chi connectivity index (χ2v) is 4.75. The molecule has 0 heterocycles. The molecule has 0 aliphatic rings. The van der Waals surface area contributed by atoms with Crippen molar-refractivity contribution in [3.05, 3.63) is 66.0 Å². The van der Waals surface area contributed by atoms with Gasteiger partial charge in [-0.25, -0.2) is 4.39 Å². The number of halogens is 1. The number of nitrogens with one attached hydrogen (secondary N) is 1. The van der Waals surface area contributed by atoms with Crippen LogP contribution in [-0.4, -0.2) is 12.5 Å². The van der Waals surface area contributed by atoms with Crippen LogP contribution in [0.15, 0.2) is 54.6 Å². The van der Waals surface area contributed by atoms with E-state index in [1.807, 2.05) is 31.2 Å². The van der Waals surface area contributed by atoms with E-state index >= 15 is 0 Å². The molecule has 0 fully saturated rings. The van der Waals surface area contributed by atoms with E-state index in [4.69, 9.17) is 4.74 Å². The van der Waals surface area contributed by atoms with Crippen LogP contribution in [0.4, 0.5) is 10.1 Å². The van der Waals surface area contributed by atoms with E-state index in [-0.39, 0.29) is 11.7 Å². The maximum absolute atomic E-state index is 13.0. The van der Waals surface area contributed by atoms with Crippen molar-refractivity contribution >= 4 is 17.7 Å². The van der Waals surface area contributed by atoms with Crippen LogP contribution in [0, 0.1) is 5.82 Å². The molecule has 0 aromatic heterocycles. The van der Waals surface area contributed by atoms with Gasteiger partial charge in [-0.3, -0.25) is 4.79 Å². The van der Waals surface area contributed by atoms with E-state index in [1.165, 1.54) is 18.2 Å². The molecule has 1 amide bonds. The zero-order valence-electron chi connectivity index (χ0n) is 12.4. The van der Waals surface area contributed by atoms with Crippen molar-refractivity contribution in [3.8, 4) is 5.75 Å². The fourth-order valence-electron chi connectivity index (χ4n) is 1.82. The lowest BCUT2D eigenvalue weighted by atomic mass is 10.2. The number of hydrogen-bond acceptors (Lipinski definition) is 2. The SMILES string of the molecule is CCCOc1ccc(C=CC(=O)Nc2cccc(F)c2)cc1. The molecule has 2 rings (SSSR count). The average molecular weight is 299 g/mol. The predicted molar refractivity (Wildman–Crippen MR) is 86.3 cm³/mol. The fraction of sp³-hybridized carbons (Fsp3) is 0.167. The number of amides is 1. The van der Waals surface area contributed by atoms with Gasteiger partial charge in [-0.2, -0.15) is 0 Å². The summed E-state index contributed by atoms with van der Waals surface area (Å²) < 4.78 is 18.5. The highest BCUT2D eigenvalue weighted by Crippen LogP contribution is 2.14. The van der Waals surface area contributed by atoms with Crippen molar-refractivity contribution in [2.75, 3.05) is 11.9 Å². The maximum atomic E-state index is 13.0. The van der Waals surface area contributed by atoms with E-state index in [1.54, 1.807) is 18.2 Å². The summed E-state index contributed by atoms with van der Waals surface area (Å²) >= 11 is 0. The molecule has 0 unspecified atom stereocenters. The van der Waals surface area contributed by atoms with Gasteiger partial charge in [0.1, 0.15) is 11.6 Å². The predicted octanol–water partition coefficient (Wildman–Crippen LogP) is 4.27. The fourth-order valence-corrected chi connectivity index (χ4v) is 1.82. The Morgan fingerprint density at radius 1 is 1.23 bits per heavy atom. The normalized spacial score (nSPS) is 10.6. The monoisotopic (exact) mass is 299 g/mol. The van der Waals surface area contributed by atoms with Crippen LogP contribution in [-0.2, 0) is 4.79 Å². The number of ether oxygens (including phenoxy) is 1. The zero-order chi connectivity index (χ0) is 15.8. The molecule has 0 atom stereocenters. The molecule has 0 bridgehead atoms. The Balaban J connectivity index is 1.92. The molecule has 2 aromatic carbocycles. The van der Waals surface area contributed by atoms with Gasteiger partial charge in [0, 0.05) is 11.8 Å². The minimum absolute atomic E-state index is 0.308. The molecule has 1 N–H and O–H groups in total. The van der Waals surface area contributed by atoms with Gasteiger partial charge >= 0.3 is 0 Å². The Morgan fingerprint density at radius 3 is 2.68 bits per heavy atom. The first-order valence-corrected chi connectivity index (χ1v) is 7.15. The number of hydrogen-bond donors (Lipinski definition) is 1. The molecular formula is C18H18FNO2. The summed E-state index contributed by atoms with van der Waals surface area (Å²) in [6.45, 7) is 2.74. The molecule has 0 saturated carbocycles. The standard InChI is InChI=1S/C18H18FNO2/c1-2-12-22-17-9-6-14(7-10-17)8-11-18(21)20-16-5-3-4-15(19)13-16/h3-11,13H,2,12H2,1H3,(H,20,21). The minimum atomic E-state index is -0.385. The van der Waals surface area contributed by atoms with Gasteiger partial charge in [-0.15, -0.1) is 0 Å². The number of carbonyl (C=O) groups is 1. The highest BCUT2D eigenvalue weighted by atomic mass is 19.1. The molecular weight excluding hydrogens is 281 g/mol. The first-order chi connectivity index (χ1) is 10.7. The third kappa shape index (κ3) is 5.05. The first-order valence-electron chi connectivity index (χ1n) is 7.15. The summed E-state index contributed by atoms with van der Waals surface area (Å²) in [7, 11) is 0. The van der Waals surface area contributed by atoms with E-state index in [0.29, 0.717) is 12.3 Å². The van der Waals surface area contributed by atoms with Crippen LogP contribution in [0.2, 0.25) is 0 Å². The lowest BCUT2D eigenvalue weighted by molar-refractivity contribution is -0.111. The lowest BCUT2D eigenvalue weighted by Crippen LogP contribution is -2.07. The Hall–Kier alpha value is -2.62.